The molecule has 7 nitrogen and oxygen atoms in total. The van der Waals surface area contributed by atoms with E-state index in [0.717, 1.165) is 34.2 Å². The standard InChI is InChI=1S/C19H30N7/c1-10-16(11(2)21-20-10)19(26(7,8)9,17-12(3)22-23-13(17)4)18-14(5)24-25-15(18)6/h1-9H3,(H,20,21)(H,22,23)(H,24,25)/q+1. The minimum Gasteiger partial charge on any atom is -0.314 e. The molecule has 0 atom stereocenters. The van der Waals surface area contributed by atoms with Crippen LogP contribution in [0.2, 0.25) is 0 Å². The average Bonchev–Trinajstić information content (AvgIpc) is 3.15. The van der Waals surface area contributed by atoms with Crippen molar-refractivity contribution in [2.75, 3.05) is 21.1 Å². The Balaban J connectivity index is 2.63. The molecule has 0 fully saturated rings. The fourth-order valence-electron chi connectivity index (χ4n) is 4.63. The molecule has 0 aromatic carbocycles. The molecule has 0 aliphatic carbocycles. The predicted molar refractivity (Wildman–Crippen MR) is 102 cm³/mol. The quantitative estimate of drug-likeness (QED) is 0.628. The summed E-state index contributed by atoms with van der Waals surface area (Å²) in [6.45, 7) is 12.5. The SMILES string of the molecule is Cc1n[nH]c(C)c1C(c1c(C)n[nH]c1C)(c1c(C)n[nH]c1C)[N+](C)(C)C. The molecule has 0 saturated carbocycles. The second kappa shape index (κ2) is 5.81. The summed E-state index contributed by atoms with van der Waals surface area (Å²) in [5.74, 6) is 0. The number of aromatic amines is 3. The molecule has 0 radical (unpaired) electrons. The molecule has 7 heteroatoms. The van der Waals surface area contributed by atoms with Crippen LogP contribution in [0, 0.1) is 41.5 Å². The van der Waals surface area contributed by atoms with Gasteiger partial charge >= 0.3 is 0 Å². The molecule has 3 aromatic rings. The van der Waals surface area contributed by atoms with Gasteiger partial charge in [-0.25, -0.2) is 0 Å². The first kappa shape index (κ1) is 18.4. The summed E-state index contributed by atoms with van der Waals surface area (Å²) < 4.78 is 0.649. The molecule has 0 spiro atoms. The molecule has 0 bridgehead atoms. The molecule has 3 aromatic heterocycles. The van der Waals surface area contributed by atoms with Crippen LogP contribution < -0.4 is 0 Å². The topological polar surface area (TPSA) is 86.0 Å². The number of hydrogen-bond donors (Lipinski definition) is 3. The number of aryl methyl sites for hydroxylation is 6. The molecule has 3 heterocycles. The molecule has 0 unspecified atom stereocenters. The van der Waals surface area contributed by atoms with Crippen molar-refractivity contribution in [1.29, 1.82) is 0 Å². The van der Waals surface area contributed by atoms with Crippen molar-refractivity contribution in [3.05, 3.63) is 50.9 Å². The third-order valence-corrected chi connectivity index (χ3v) is 5.48. The van der Waals surface area contributed by atoms with E-state index in [0.29, 0.717) is 4.48 Å². The van der Waals surface area contributed by atoms with Gasteiger partial charge in [0.05, 0.1) is 54.9 Å². The fourth-order valence-corrected chi connectivity index (χ4v) is 4.63. The molecular weight excluding hydrogens is 326 g/mol. The summed E-state index contributed by atoms with van der Waals surface area (Å²) in [5.41, 5.74) is 9.24. The van der Waals surface area contributed by atoms with Crippen molar-refractivity contribution >= 4 is 0 Å². The zero-order valence-electron chi connectivity index (χ0n) is 17.3. The van der Waals surface area contributed by atoms with Crippen LogP contribution in [0.4, 0.5) is 0 Å². The lowest BCUT2D eigenvalue weighted by molar-refractivity contribution is -0.918. The number of hydrogen-bond acceptors (Lipinski definition) is 3. The van der Waals surface area contributed by atoms with E-state index >= 15 is 0 Å². The Morgan fingerprint density at radius 1 is 0.577 bits per heavy atom. The van der Waals surface area contributed by atoms with E-state index in [1.165, 1.54) is 16.7 Å². The minimum absolute atomic E-state index is 0.497. The summed E-state index contributed by atoms with van der Waals surface area (Å²) in [6.07, 6.45) is 0. The largest absolute Gasteiger partial charge is 0.314 e. The molecule has 0 aliphatic rings. The monoisotopic (exact) mass is 356 g/mol. The van der Waals surface area contributed by atoms with Crippen LogP contribution in [0.1, 0.15) is 50.9 Å². The number of H-pyrrole nitrogens is 3. The van der Waals surface area contributed by atoms with Crippen LogP contribution >= 0.6 is 0 Å². The van der Waals surface area contributed by atoms with Crippen molar-refractivity contribution in [3.63, 3.8) is 0 Å². The first-order valence-electron chi connectivity index (χ1n) is 8.91. The summed E-state index contributed by atoms with van der Waals surface area (Å²) in [4.78, 5) is 0. The van der Waals surface area contributed by atoms with Crippen LogP contribution in [-0.4, -0.2) is 56.2 Å². The lowest BCUT2D eigenvalue weighted by Crippen LogP contribution is -2.57. The van der Waals surface area contributed by atoms with Crippen LogP contribution in [-0.2, 0) is 5.54 Å². The summed E-state index contributed by atoms with van der Waals surface area (Å²) in [5, 5.41) is 23.2. The predicted octanol–water partition coefficient (Wildman–Crippen LogP) is 2.70. The number of aromatic nitrogens is 6. The Labute approximate surface area is 154 Å². The highest BCUT2D eigenvalue weighted by atomic mass is 15.4. The van der Waals surface area contributed by atoms with Crippen molar-refractivity contribution in [1.82, 2.24) is 30.6 Å². The van der Waals surface area contributed by atoms with Gasteiger partial charge in [0.1, 0.15) is 0 Å². The molecule has 3 N–H and O–H groups in total. The van der Waals surface area contributed by atoms with Gasteiger partial charge in [-0.1, -0.05) is 0 Å². The van der Waals surface area contributed by atoms with E-state index < -0.39 is 5.54 Å². The molecule has 140 valence electrons. The summed E-state index contributed by atoms with van der Waals surface area (Å²) in [7, 11) is 6.68. The maximum Gasteiger partial charge on any atom is 0.186 e. The Hall–Kier alpha value is -2.41. The third-order valence-electron chi connectivity index (χ3n) is 5.48. The summed E-state index contributed by atoms with van der Waals surface area (Å²) >= 11 is 0. The molecule has 0 aliphatic heterocycles. The number of quaternary nitrogens is 1. The van der Waals surface area contributed by atoms with Crippen molar-refractivity contribution in [3.8, 4) is 0 Å². The van der Waals surface area contributed by atoms with Crippen LogP contribution in [0.5, 0.6) is 0 Å². The smallest absolute Gasteiger partial charge is 0.186 e. The Bertz CT molecular complexity index is 778. The maximum atomic E-state index is 4.54. The van der Waals surface area contributed by atoms with Crippen LogP contribution in [0.15, 0.2) is 0 Å². The highest BCUT2D eigenvalue weighted by Gasteiger charge is 2.55. The molecule has 26 heavy (non-hydrogen) atoms. The van der Waals surface area contributed by atoms with E-state index in [-0.39, 0.29) is 0 Å². The summed E-state index contributed by atoms with van der Waals surface area (Å²) in [6, 6.07) is 0. The van der Waals surface area contributed by atoms with Gasteiger partial charge in [0, 0.05) is 17.1 Å². The van der Waals surface area contributed by atoms with E-state index in [1.807, 2.05) is 0 Å². The Morgan fingerprint density at radius 2 is 0.846 bits per heavy atom. The van der Waals surface area contributed by atoms with E-state index in [4.69, 9.17) is 0 Å². The van der Waals surface area contributed by atoms with Gasteiger partial charge in [-0.05, 0) is 41.5 Å². The Kier molecular flexibility index (Phi) is 4.10. The highest BCUT2D eigenvalue weighted by Crippen LogP contribution is 2.49. The van der Waals surface area contributed by atoms with E-state index in [2.05, 4.69) is 93.3 Å². The second-order valence-electron chi connectivity index (χ2n) is 8.15. The molecule has 0 saturated heterocycles. The maximum absolute atomic E-state index is 4.54. The normalized spacial score (nSPS) is 12.8. The Morgan fingerprint density at radius 3 is 1.00 bits per heavy atom. The minimum atomic E-state index is -0.497. The number of nitrogens with one attached hydrogen (secondary N) is 3. The van der Waals surface area contributed by atoms with Gasteiger partial charge in [0.2, 0.25) is 0 Å². The molecule has 3 rings (SSSR count). The van der Waals surface area contributed by atoms with Gasteiger partial charge in [-0.3, -0.25) is 15.3 Å². The van der Waals surface area contributed by atoms with Crippen molar-refractivity contribution in [2.45, 2.75) is 47.1 Å². The van der Waals surface area contributed by atoms with Crippen molar-refractivity contribution < 1.29 is 4.48 Å². The highest BCUT2D eigenvalue weighted by molar-refractivity contribution is 5.55. The third kappa shape index (κ3) is 2.26. The number of nitrogens with zero attached hydrogens (tertiary/aromatic N) is 4. The van der Waals surface area contributed by atoms with Gasteiger partial charge in [-0.2, -0.15) is 15.3 Å². The van der Waals surface area contributed by atoms with Gasteiger partial charge in [-0.15, -0.1) is 0 Å². The zero-order valence-corrected chi connectivity index (χ0v) is 17.3. The fraction of sp³-hybridized carbons (Fsp3) is 0.526. The van der Waals surface area contributed by atoms with E-state index in [9.17, 15) is 0 Å². The van der Waals surface area contributed by atoms with Crippen molar-refractivity contribution in [2.24, 2.45) is 0 Å². The zero-order chi connectivity index (χ0) is 19.4. The van der Waals surface area contributed by atoms with Gasteiger partial charge in [0.15, 0.2) is 5.54 Å². The number of rotatable bonds is 4. The van der Waals surface area contributed by atoms with Gasteiger partial charge in [0.25, 0.3) is 0 Å². The van der Waals surface area contributed by atoms with Gasteiger partial charge < -0.3 is 4.48 Å². The van der Waals surface area contributed by atoms with E-state index in [1.54, 1.807) is 0 Å². The molecular formula is C19H30N7+. The average molecular weight is 356 g/mol. The molecule has 0 amide bonds. The lowest BCUT2D eigenvalue weighted by atomic mass is 9.71. The van der Waals surface area contributed by atoms with Crippen LogP contribution in [0.3, 0.4) is 0 Å². The lowest BCUT2D eigenvalue weighted by Gasteiger charge is -2.47. The first-order valence-corrected chi connectivity index (χ1v) is 8.91. The first-order chi connectivity index (χ1) is 12.0. The second-order valence-corrected chi connectivity index (χ2v) is 8.15. The van der Waals surface area contributed by atoms with Crippen LogP contribution in [0.25, 0.3) is 0 Å².